The van der Waals surface area contributed by atoms with Crippen molar-refractivity contribution in [2.24, 2.45) is 0 Å². The summed E-state index contributed by atoms with van der Waals surface area (Å²) < 4.78 is 7.24. The third kappa shape index (κ3) is 3.83. The Morgan fingerprint density at radius 1 is 1.17 bits per heavy atom. The minimum Gasteiger partial charge on any atom is -0.380 e. The smallest absolute Gasteiger partial charge is 0.261 e. The zero-order valence-corrected chi connectivity index (χ0v) is 14.6. The molecule has 0 atom stereocenters. The van der Waals surface area contributed by atoms with Crippen LogP contribution < -0.4 is 5.56 Å². The molecule has 1 aliphatic rings. The average Bonchev–Trinajstić information content (AvgIpc) is 2.60. The van der Waals surface area contributed by atoms with E-state index in [0.29, 0.717) is 31.7 Å². The van der Waals surface area contributed by atoms with Gasteiger partial charge in [-0.25, -0.2) is 4.98 Å². The summed E-state index contributed by atoms with van der Waals surface area (Å²) in [5.74, 6) is 0.836. The summed E-state index contributed by atoms with van der Waals surface area (Å²) >= 11 is 0. The molecule has 24 heavy (non-hydrogen) atoms. The number of ether oxygens (including phenoxy) is 1. The zero-order chi connectivity index (χ0) is 16.9. The Kier molecular flexibility index (Phi) is 5.60. The molecule has 0 N–H and O–H groups in total. The molecule has 0 radical (unpaired) electrons. The lowest BCUT2D eigenvalue weighted by Gasteiger charge is -2.32. The minimum absolute atomic E-state index is 0.0319. The highest BCUT2D eigenvalue weighted by Crippen LogP contribution is 2.11. The number of rotatable bonds is 6. The van der Waals surface area contributed by atoms with Crippen LogP contribution in [0.25, 0.3) is 10.9 Å². The van der Waals surface area contributed by atoms with Crippen molar-refractivity contribution >= 4 is 10.9 Å². The number of benzene rings is 1. The monoisotopic (exact) mass is 330 g/mol. The van der Waals surface area contributed by atoms with Crippen LogP contribution in [-0.2, 0) is 17.8 Å². The standard InChI is InChI=1S/C18H26N4O2/c1-3-24-13-12-22-17(14-21-10-8-20(2)9-11-21)19-16-7-5-4-6-15(16)18(22)23/h4-7H,3,8-14H2,1-2H3. The number of nitrogens with zero attached hydrogens (tertiary/aromatic N) is 4. The van der Waals surface area contributed by atoms with E-state index in [9.17, 15) is 4.79 Å². The summed E-state index contributed by atoms with van der Waals surface area (Å²) in [6, 6.07) is 7.58. The van der Waals surface area contributed by atoms with E-state index >= 15 is 0 Å². The Labute approximate surface area is 142 Å². The minimum atomic E-state index is 0.0319. The van der Waals surface area contributed by atoms with E-state index in [2.05, 4.69) is 16.8 Å². The van der Waals surface area contributed by atoms with Crippen molar-refractivity contribution in [1.82, 2.24) is 19.4 Å². The van der Waals surface area contributed by atoms with Crippen molar-refractivity contribution in [3.63, 3.8) is 0 Å². The Bertz CT molecular complexity index is 735. The molecule has 0 aliphatic carbocycles. The number of fused-ring (bicyclic) bond motifs is 1. The molecule has 130 valence electrons. The largest absolute Gasteiger partial charge is 0.380 e. The molecule has 3 rings (SSSR count). The SMILES string of the molecule is CCOCCn1c(CN2CCN(C)CC2)nc2ccccc2c1=O. The van der Waals surface area contributed by atoms with Gasteiger partial charge in [-0.05, 0) is 26.1 Å². The van der Waals surface area contributed by atoms with E-state index in [1.54, 1.807) is 4.57 Å². The topological polar surface area (TPSA) is 50.6 Å². The number of hydrogen-bond donors (Lipinski definition) is 0. The normalized spacial score (nSPS) is 16.8. The van der Waals surface area contributed by atoms with Gasteiger partial charge in [-0.15, -0.1) is 0 Å². The van der Waals surface area contributed by atoms with Gasteiger partial charge in [-0.1, -0.05) is 12.1 Å². The molecule has 1 aliphatic heterocycles. The third-order valence-corrected chi connectivity index (χ3v) is 4.56. The van der Waals surface area contributed by atoms with Crippen molar-refractivity contribution in [3.8, 4) is 0 Å². The molecule has 1 aromatic carbocycles. The first-order valence-electron chi connectivity index (χ1n) is 8.66. The fourth-order valence-corrected chi connectivity index (χ4v) is 3.07. The Balaban J connectivity index is 1.91. The van der Waals surface area contributed by atoms with Gasteiger partial charge in [0.05, 0.1) is 30.6 Å². The third-order valence-electron chi connectivity index (χ3n) is 4.56. The molecule has 0 unspecified atom stereocenters. The Hall–Kier alpha value is -1.76. The predicted molar refractivity (Wildman–Crippen MR) is 95.3 cm³/mol. The van der Waals surface area contributed by atoms with Gasteiger partial charge in [0.25, 0.3) is 5.56 Å². The van der Waals surface area contributed by atoms with Gasteiger partial charge in [0.1, 0.15) is 5.82 Å². The first kappa shape index (κ1) is 17.1. The van der Waals surface area contributed by atoms with Gasteiger partial charge in [-0.2, -0.15) is 0 Å². The first-order valence-corrected chi connectivity index (χ1v) is 8.66. The fraction of sp³-hybridized carbons (Fsp3) is 0.556. The second kappa shape index (κ2) is 7.88. The molecule has 1 saturated heterocycles. The van der Waals surface area contributed by atoms with Crippen LogP contribution in [0.4, 0.5) is 0 Å². The fourth-order valence-electron chi connectivity index (χ4n) is 3.07. The van der Waals surface area contributed by atoms with Crippen LogP contribution in [0.1, 0.15) is 12.7 Å². The van der Waals surface area contributed by atoms with Gasteiger partial charge in [0.2, 0.25) is 0 Å². The summed E-state index contributed by atoms with van der Waals surface area (Å²) in [5.41, 5.74) is 0.809. The summed E-state index contributed by atoms with van der Waals surface area (Å²) in [4.78, 5) is 22.4. The highest BCUT2D eigenvalue weighted by Gasteiger charge is 2.18. The van der Waals surface area contributed by atoms with E-state index in [1.807, 2.05) is 31.2 Å². The Morgan fingerprint density at radius 2 is 1.92 bits per heavy atom. The molecule has 1 aromatic heterocycles. The number of piperazine rings is 1. The molecule has 6 nitrogen and oxygen atoms in total. The second-order valence-corrected chi connectivity index (χ2v) is 6.28. The van der Waals surface area contributed by atoms with Gasteiger partial charge in [-0.3, -0.25) is 14.3 Å². The van der Waals surface area contributed by atoms with E-state index in [4.69, 9.17) is 9.72 Å². The quantitative estimate of drug-likeness (QED) is 0.745. The summed E-state index contributed by atoms with van der Waals surface area (Å²) in [6.07, 6.45) is 0. The molecule has 0 spiro atoms. The molecule has 2 heterocycles. The lowest BCUT2D eigenvalue weighted by molar-refractivity contribution is 0.130. The molecule has 0 bridgehead atoms. The molecule has 2 aromatic rings. The van der Waals surface area contributed by atoms with E-state index in [1.165, 1.54) is 0 Å². The molecular formula is C18H26N4O2. The lowest BCUT2D eigenvalue weighted by Crippen LogP contribution is -2.45. The van der Waals surface area contributed by atoms with Gasteiger partial charge < -0.3 is 9.64 Å². The zero-order valence-electron chi connectivity index (χ0n) is 14.6. The van der Waals surface area contributed by atoms with Gasteiger partial charge in [0, 0.05) is 32.8 Å². The lowest BCUT2D eigenvalue weighted by atomic mass is 10.2. The first-order chi connectivity index (χ1) is 11.7. The van der Waals surface area contributed by atoms with Crippen molar-refractivity contribution in [2.45, 2.75) is 20.0 Å². The van der Waals surface area contributed by atoms with Crippen molar-refractivity contribution < 1.29 is 4.74 Å². The average molecular weight is 330 g/mol. The Morgan fingerprint density at radius 3 is 2.67 bits per heavy atom. The number of para-hydroxylation sites is 1. The van der Waals surface area contributed by atoms with Crippen LogP contribution in [0.3, 0.4) is 0 Å². The van der Waals surface area contributed by atoms with Crippen molar-refractivity contribution in [1.29, 1.82) is 0 Å². The van der Waals surface area contributed by atoms with Gasteiger partial charge >= 0.3 is 0 Å². The highest BCUT2D eigenvalue weighted by atomic mass is 16.5. The number of hydrogen-bond acceptors (Lipinski definition) is 5. The van der Waals surface area contributed by atoms with Crippen molar-refractivity contribution in [2.75, 3.05) is 46.4 Å². The van der Waals surface area contributed by atoms with Crippen LogP contribution in [-0.4, -0.2) is 65.8 Å². The van der Waals surface area contributed by atoms with Crippen molar-refractivity contribution in [3.05, 3.63) is 40.4 Å². The summed E-state index contributed by atoms with van der Waals surface area (Å²) in [5, 5.41) is 0.677. The van der Waals surface area contributed by atoms with E-state index < -0.39 is 0 Å². The van der Waals surface area contributed by atoms with Crippen LogP contribution in [0.15, 0.2) is 29.1 Å². The number of likely N-dealkylation sites (N-methyl/N-ethyl adjacent to an activating group) is 1. The van der Waals surface area contributed by atoms with Crippen LogP contribution >= 0.6 is 0 Å². The van der Waals surface area contributed by atoms with E-state index in [0.717, 1.165) is 37.5 Å². The molecule has 0 amide bonds. The summed E-state index contributed by atoms with van der Waals surface area (Å²) in [7, 11) is 2.14. The maximum atomic E-state index is 12.9. The van der Waals surface area contributed by atoms with E-state index in [-0.39, 0.29) is 5.56 Å². The summed E-state index contributed by atoms with van der Waals surface area (Å²) in [6.45, 7) is 8.53. The van der Waals surface area contributed by atoms with Crippen LogP contribution in [0.2, 0.25) is 0 Å². The second-order valence-electron chi connectivity index (χ2n) is 6.28. The molecule has 6 heteroatoms. The van der Waals surface area contributed by atoms with Crippen LogP contribution in [0, 0.1) is 0 Å². The predicted octanol–water partition coefficient (Wildman–Crippen LogP) is 1.18. The number of aromatic nitrogens is 2. The molecule has 1 fully saturated rings. The van der Waals surface area contributed by atoms with Gasteiger partial charge in [0.15, 0.2) is 0 Å². The molecular weight excluding hydrogens is 304 g/mol. The molecule has 0 saturated carbocycles. The maximum Gasteiger partial charge on any atom is 0.261 e. The maximum absolute atomic E-state index is 12.9. The van der Waals surface area contributed by atoms with Crippen LogP contribution in [0.5, 0.6) is 0 Å². The highest BCUT2D eigenvalue weighted by molar-refractivity contribution is 5.77.